The minimum atomic E-state index is -0.831. The number of nitrogens with two attached hydrogens (primary N) is 1. The summed E-state index contributed by atoms with van der Waals surface area (Å²) in [5, 5.41) is 11.6. The van der Waals surface area contributed by atoms with Gasteiger partial charge in [0.15, 0.2) is 0 Å². The number of aliphatic carboxylic acids is 1. The second kappa shape index (κ2) is 8.08. The lowest BCUT2D eigenvalue weighted by molar-refractivity contribution is -0.138. The molecule has 5 heteroatoms. The second-order valence-electron chi connectivity index (χ2n) is 5.61. The first-order valence-corrected chi connectivity index (χ1v) is 6.49. The molecule has 0 aliphatic rings. The predicted molar refractivity (Wildman–Crippen MR) is 71.0 cm³/mol. The molecule has 0 aromatic rings. The van der Waals surface area contributed by atoms with Crippen LogP contribution in [0.5, 0.6) is 0 Å². The highest BCUT2D eigenvalue weighted by molar-refractivity contribution is 5.81. The number of hydrogen-bond acceptors (Lipinski definition) is 3. The first-order chi connectivity index (χ1) is 8.23. The molecule has 0 radical (unpaired) electrons. The molecule has 0 saturated carbocycles. The Hall–Kier alpha value is -1.10. The summed E-state index contributed by atoms with van der Waals surface area (Å²) in [7, 11) is 0. The van der Waals surface area contributed by atoms with Crippen molar-refractivity contribution in [2.45, 2.75) is 46.6 Å². The first-order valence-electron chi connectivity index (χ1n) is 6.49. The summed E-state index contributed by atoms with van der Waals surface area (Å²) in [6.07, 6.45) is 0.860. The van der Waals surface area contributed by atoms with Gasteiger partial charge in [-0.15, -0.1) is 0 Å². The van der Waals surface area contributed by atoms with Crippen LogP contribution in [0.4, 0.5) is 0 Å². The average Bonchev–Trinajstić information content (AvgIpc) is 2.22. The highest BCUT2D eigenvalue weighted by Crippen LogP contribution is 2.14. The Morgan fingerprint density at radius 2 is 1.78 bits per heavy atom. The quantitative estimate of drug-likeness (QED) is 0.610. The molecule has 0 aliphatic heterocycles. The van der Waals surface area contributed by atoms with Crippen LogP contribution in [0.1, 0.15) is 40.5 Å². The number of hydrogen-bond donors (Lipinski definition) is 3. The molecule has 4 N–H and O–H groups in total. The van der Waals surface area contributed by atoms with Crippen molar-refractivity contribution in [1.29, 1.82) is 0 Å². The van der Waals surface area contributed by atoms with Gasteiger partial charge in [0, 0.05) is 13.0 Å². The highest BCUT2D eigenvalue weighted by atomic mass is 16.4. The average molecular weight is 258 g/mol. The van der Waals surface area contributed by atoms with E-state index in [1.165, 1.54) is 0 Å². The fourth-order valence-corrected chi connectivity index (χ4v) is 1.82. The lowest BCUT2D eigenvalue weighted by Gasteiger charge is -2.20. The molecule has 18 heavy (non-hydrogen) atoms. The molecule has 0 saturated heterocycles. The van der Waals surface area contributed by atoms with Gasteiger partial charge in [0.25, 0.3) is 0 Å². The van der Waals surface area contributed by atoms with E-state index < -0.39 is 12.0 Å². The van der Waals surface area contributed by atoms with Crippen molar-refractivity contribution < 1.29 is 14.7 Å². The maximum Gasteiger partial charge on any atom is 0.303 e. The topological polar surface area (TPSA) is 92.4 Å². The van der Waals surface area contributed by atoms with Gasteiger partial charge in [-0.1, -0.05) is 27.7 Å². The predicted octanol–water partition coefficient (Wildman–Crippen LogP) is 1.22. The molecule has 0 fully saturated rings. The number of nitrogens with one attached hydrogen (secondary N) is 1. The highest BCUT2D eigenvalue weighted by Gasteiger charge is 2.20. The third kappa shape index (κ3) is 7.27. The van der Waals surface area contributed by atoms with Crippen LogP contribution in [0.25, 0.3) is 0 Å². The van der Waals surface area contributed by atoms with Gasteiger partial charge in [-0.3, -0.25) is 9.59 Å². The SMILES string of the molecule is CC(C)CC(CNC(=O)C(N)C(C)C)CC(=O)O. The van der Waals surface area contributed by atoms with Crippen LogP contribution in [0.15, 0.2) is 0 Å². The van der Waals surface area contributed by atoms with E-state index in [0.29, 0.717) is 12.5 Å². The molecular weight excluding hydrogens is 232 g/mol. The molecule has 0 spiro atoms. The van der Waals surface area contributed by atoms with E-state index in [0.717, 1.165) is 6.42 Å². The van der Waals surface area contributed by atoms with Gasteiger partial charge in [0.2, 0.25) is 5.91 Å². The fraction of sp³-hybridized carbons (Fsp3) is 0.846. The third-order valence-electron chi connectivity index (χ3n) is 2.85. The molecule has 0 aliphatic carbocycles. The van der Waals surface area contributed by atoms with E-state index in [-0.39, 0.29) is 24.2 Å². The largest absolute Gasteiger partial charge is 0.481 e. The molecule has 0 heterocycles. The third-order valence-corrected chi connectivity index (χ3v) is 2.85. The summed E-state index contributed by atoms with van der Waals surface area (Å²) >= 11 is 0. The van der Waals surface area contributed by atoms with E-state index in [9.17, 15) is 9.59 Å². The zero-order valence-electron chi connectivity index (χ0n) is 11.8. The Bertz CT molecular complexity index is 277. The summed E-state index contributed by atoms with van der Waals surface area (Å²) in [6, 6.07) is -0.533. The van der Waals surface area contributed by atoms with Gasteiger partial charge in [-0.05, 0) is 24.2 Å². The van der Waals surface area contributed by atoms with Crippen LogP contribution in [0, 0.1) is 17.8 Å². The van der Waals surface area contributed by atoms with Gasteiger partial charge in [0.05, 0.1) is 6.04 Å². The maximum atomic E-state index is 11.7. The van der Waals surface area contributed by atoms with Crippen molar-refractivity contribution in [2.75, 3.05) is 6.54 Å². The van der Waals surface area contributed by atoms with E-state index in [2.05, 4.69) is 5.32 Å². The monoisotopic (exact) mass is 258 g/mol. The number of carboxylic acids is 1. The minimum absolute atomic E-state index is 0.0363. The number of amides is 1. The van der Waals surface area contributed by atoms with Crippen molar-refractivity contribution in [3.05, 3.63) is 0 Å². The number of carbonyl (C=O) groups excluding carboxylic acids is 1. The van der Waals surface area contributed by atoms with Gasteiger partial charge >= 0.3 is 5.97 Å². The summed E-state index contributed by atoms with van der Waals surface area (Å²) in [4.78, 5) is 22.4. The number of carbonyl (C=O) groups is 2. The van der Waals surface area contributed by atoms with Crippen LogP contribution >= 0.6 is 0 Å². The lowest BCUT2D eigenvalue weighted by atomic mass is 9.94. The summed E-state index contributed by atoms with van der Waals surface area (Å²) in [5.74, 6) is -0.587. The van der Waals surface area contributed by atoms with Gasteiger partial charge in [-0.25, -0.2) is 0 Å². The van der Waals surface area contributed by atoms with Crippen molar-refractivity contribution in [1.82, 2.24) is 5.32 Å². The fourth-order valence-electron chi connectivity index (χ4n) is 1.82. The van der Waals surface area contributed by atoms with Crippen LogP contribution in [0.3, 0.4) is 0 Å². The second-order valence-corrected chi connectivity index (χ2v) is 5.61. The minimum Gasteiger partial charge on any atom is -0.481 e. The molecule has 106 valence electrons. The molecule has 0 aromatic carbocycles. The molecule has 2 atom stereocenters. The Labute approximate surface area is 109 Å². The maximum absolute atomic E-state index is 11.7. The first kappa shape index (κ1) is 16.9. The Morgan fingerprint density at radius 1 is 1.22 bits per heavy atom. The molecule has 5 nitrogen and oxygen atoms in total. The van der Waals surface area contributed by atoms with E-state index >= 15 is 0 Å². The van der Waals surface area contributed by atoms with Gasteiger partial charge in [0.1, 0.15) is 0 Å². The molecule has 1 amide bonds. The van der Waals surface area contributed by atoms with E-state index in [1.807, 2.05) is 27.7 Å². The zero-order valence-corrected chi connectivity index (χ0v) is 11.8. The van der Waals surface area contributed by atoms with Gasteiger partial charge < -0.3 is 16.2 Å². The molecule has 2 unspecified atom stereocenters. The molecule has 0 bridgehead atoms. The Kier molecular flexibility index (Phi) is 7.59. The standard InChI is InChI=1S/C13H26N2O3/c1-8(2)5-10(6-11(16)17)7-15-13(18)12(14)9(3)4/h8-10,12H,5-7,14H2,1-4H3,(H,15,18)(H,16,17). The smallest absolute Gasteiger partial charge is 0.303 e. The van der Waals surface area contributed by atoms with Gasteiger partial charge in [-0.2, -0.15) is 0 Å². The summed E-state index contributed by atoms with van der Waals surface area (Å²) in [5.41, 5.74) is 5.72. The van der Waals surface area contributed by atoms with Crippen LogP contribution in [-0.2, 0) is 9.59 Å². The Balaban J connectivity index is 4.24. The molecule has 0 rings (SSSR count). The summed E-state index contributed by atoms with van der Waals surface area (Å²) < 4.78 is 0. The van der Waals surface area contributed by atoms with E-state index in [4.69, 9.17) is 10.8 Å². The van der Waals surface area contributed by atoms with Crippen molar-refractivity contribution in [2.24, 2.45) is 23.5 Å². The molecular formula is C13H26N2O3. The zero-order chi connectivity index (χ0) is 14.3. The Morgan fingerprint density at radius 3 is 2.17 bits per heavy atom. The van der Waals surface area contributed by atoms with Crippen LogP contribution in [0.2, 0.25) is 0 Å². The van der Waals surface area contributed by atoms with Crippen LogP contribution in [-0.4, -0.2) is 29.6 Å². The number of rotatable bonds is 8. The normalized spacial score (nSPS) is 14.6. The number of carboxylic acid groups (broad SMARTS) is 1. The van der Waals surface area contributed by atoms with Crippen LogP contribution < -0.4 is 11.1 Å². The lowest BCUT2D eigenvalue weighted by Crippen LogP contribution is -2.45. The summed E-state index contributed by atoms with van der Waals surface area (Å²) in [6.45, 7) is 8.22. The molecule has 0 aromatic heterocycles. The van der Waals surface area contributed by atoms with E-state index in [1.54, 1.807) is 0 Å². The van der Waals surface area contributed by atoms with Crippen molar-refractivity contribution >= 4 is 11.9 Å². The van der Waals surface area contributed by atoms with Crippen molar-refractivity contribution in [3.63, 3.8) is 0 Å². The van der Waals surface area contributed by atoms with Crippen molar-refractivity contribution in [3.8, 4) is 0 Å².